The number of ether oxygens (including phenoxy) is 1. The van der Waals surface area contributed by atoms with Gasteiger partial charge >= 0.3 is 0 Å². The lowest BCUT2D eigenvalue weighted by Gasteiger charge is -2.14. The van der Waals surface area contributed by atoms with E-state index in [9.17, 15) is 18.8 Å². The summed E-state index contributed by atoms with van der Waals surface area (Å²) in [5.41, 5.74) is 0.364. The van der Waals surface area contributed by atoms with Gasteiger partial charge in [-0.15, -0.1) is 0 Å². The predicted octanol–water partition coefficient (Wildman–Crippen LogP) is 1.01. The smallest absolute Gasteiger partial charge is 0.280 e. The third-order valence-electron chi connectivity index (χ3n) is 3.58. The van der Waals surface area contributed by atoms with Crippen molar-refractivity contribution in [3.63, 3.8) is 0 Å². The molecule has 0 aliphatic carbocycles. The number of hydrogen-bond acceptors (Lipinski definition) is 5. The monoisotopic (exact) mass is 343 g/mol. The molecule has 0 spiro atoms. The van der Waals surface area contributed by atoms with E-state index in [1.165, 1.54) is 30.5 Å². The Morgan fingerprint density at radius 1 is 1.16 bits per heavy atom. The molecule has 0 atom stereocenters. The molecule has 0 unspecified atom stereocenters. The number of carbonyl (C=O) groups is 3. The summed E-state index contributed by atoms with van der Waals surface area (Å²) >= 11 is 0. The van der Waals surface area contributed by atoms with Gasteiger partial charge < -0.3 is 10.1 Å². The number of halogens is 1. The first kappa shape index (κ1) is 16.6. The highest BCUT2D eigenvalue weighted by Gasteiger charge is 2.36. The van der Waals surface area contributed by atoms with E-state index in [-0.39, 0.29) is 36.7 Å². The highest BCUT2D eigenvalue weighted by atomic mass is 19.1. The minimum Gasteiger partial charge on any atom is -0.481 e. The second kappa shape index (κ2) is 7.08. The van der Waals surface area contributed by atoms with E-state index in [1.54, 1.807) is 12.1 Å². The van der Waals surface area contributed by atoms with Crippen LogP contribution in [0.25, 0.3) is 0 Å². The van der Waals surface area contributed by atoms with Crippen LogP contribution >= 0.6 is 0 Å². The van der Waals surface area contributed by atoms with Crippen molar-refractivity contribution < 1.29 is 23.5 Å². The Bertz CT molecular complexity index is 805. The molecule has 0 bridgehead atoms. The van der Waals surface area contributed by atoms with E-state index >= 15 is 0 Å². The summed E-state index contributed by atoms with van der Waals surface area (Å²) in [5.74, 6) is -2.00. The van der Waals surface area contributed by atoms with Crippen molar-refractivity contribution in [3.05, 3.63) is 59.7 Å². The molecular weight excluding hydrogens is 329 g/mol. The second-order valence-electron chi connectivity index (χ2n) is 5.23. The molecule has 1 aromatic heterocycles. The van der Waals surface area contributed by atoms with Gasteiger partial charge in [0.1, 0.15) is 5.69 Å². The minimum atomic E-state index is -0.561. The van der Waals surface area contributed by atoms with Crippen molar-refractivity contribution >= 4 is 17.7 Å². The van der Waals surface area contributed by atoms with E-state index in [0.717, 1.165) is 4.90 Å². The van der Waals surface area contributed by atoms with Gasteiger partial charge in [0.15, 0.2) is 18.2 Å². The fourth-order valence-corrected chi connectivity index (χ4v) is 2.38. The molecule has 0 fully saturated rings. The highest BCUT2D eigenvalue weighted by molar-refractivity contribution is 6.20. The first-order valence-electron chi connectivity index (χ1n) is 7.53. The van der Waals surface area contributed by atoms with Crippen molar-refractivity contribution in [1.82, 2.24) is 15.2 Å². The average Bonchev–Trinajstić information content (AvgIpc) is 2.86. The SMILES string of the molecule is O=C(COc1ccccc1F)NCCN1C(=O)c2cccnc2C1=O. The van der Waals surface area contributed by atoms with E-state index < -0.39 is 23.5 Å². The average molecular weight is 343 g/mol. The molecule has 0 saturated carbocycles. The number of pyridine rings is 1. The van der Waals surface area contributed by atoms with Crippen LogP contribution in [0.15, 0.2) is 42.6 Å². The highest BCUT2D eigenvalue weighted by Crippen LogP contribution is 2.19. The third-order valence-corrected chi connectivity index (χ3v) is 3.58. The summed E-state index contributed by atoms with van der Waals surface area (Å²) in [7, 11) is 0. The number of para-hydroxylation sites is 1. The van der Waals surface area contributed by atoms with Crippen LogP contribution in [-0.4, -0.2) is 47.3 Å². The van der Waals surface area contributed by atoms with Gasteiger partial charge in [0.25, 0.3) is 17.7 Å². The van der Waals surface area contributed by atoms with Crippen molar-refractivity contribution in [3.8, 4) is 5.75 Å². The summed E-state index contributed by atoms with van der Waals surface area (Å²) < 4.78 is 18.4. The Balaban J connectivity index is 1.47. The Morgan fingerprint density at radius 3 is 2.72 bits per heavy atom. The lowest BCUT2D eigenvalue weighted by Crippen LogP contribution is -2.39. The number of carbonyl (C=O) groups excluding carboxylic acids is 3. The fraction of sp³-hybridized carbons (Fsp3) is 0.176. The van der Waals surface area contributed by atoms with Crippen LogP contribution in [0.2, 0.25) is 0 Å². The molecule has 25 heavy (non-hydrogen) atoms. The van der Waals surface area contributed by atoms with Gasteiger partial charge in [-0.25, -0.2) is 4.39 Å². The van der Waals surface area contributed by atoms with Crippen molar-refractivity contribution in [1.29, 1.82) is 0 Å². The van der Waals surface area contributed by atoms with Crippen LogP contribution in [0, 0.1) is 5.82 Å². The molecule has 1 aliphatic heterocycles. The number of rotatable bonds is 6. The maximum absolute atomic E-state index is 13.4. The van der Waals surface area contributed by atoms with E-state index in [1.807, 2.05) is 0 Å². The Labute approximate surface area is 142 Å². The van der Waals surface area contributed by atoms with Crippen molar-refractivity contribution in [2.45, 2.75) is 0 Å². The molecule has 2 heterocycles. The summed E-state index contributed by atoms with van der Waals surface area (Å²) in [5, 5.41) is 2.51. The summed E-state index contributed by atoms with van der Waals surface area (Å²) in [6, 6.07) is 8.85. The molecule has 0 saturated heterocycles. The molecule has 8 heteroatoms. The molecule has 1 N–H and O–H groups in total. The maximum Gasteiger partial charge on any atom is 0.280 e. The number of fused-ring (bicyclic) bond motifs is 1. The number of benzene rings is 1. The van der Waals surface area contributed by atoms with Crippen LogP contribution in [0.4, 0.5) is 4.39 Å². The second-order valence-corrected chi connectivity index (χ2v) is 5.23. The predicted molar refractivity (Wildman–Crippen MR) is 84.5 cm³/mol. The Kier molecular flexibility index (Phi) is 4.69. The van der Waals surface area contributed by atoms with Gasteiger partial charge in [0.2, 0.25) is 0 Å². The zero-order valence-corrected chi connectivity index (χ0v) is 13.1. The summed E-state index contributed by atoms with van der Waals surface area (Å²) in [6.07, 6.45) is 1.44. The standard InChI is InChI=1S/C17H14FN3O4/c18-12-5-1-2-6-13(12)25-10-14(22)19-8-9-21-16(23)11-4-3-7-20-15(11)17(21)24/h1-7H,8-10H2,(H,19,22). The number of hydrogen-bond donors (Lipinski definition) is 1. The quantitative estimate of drug-likeness (QED) is 0.791. The minimum absolute atomic E-state index is 0.0134. The molecule has 3 amide bonds. The van der Waals surface area contributed by atoms with Gasteiger partial charge in [0.05, 0.1) is 5.56 Å². The topological polar surface area (TPSA) is 88.6 Å². The van der Waals surface area contributed by atoms with Gasteiger partial charge in [-0.1, -0.05) is 12.1 Å². The van der Waals surface area contributed by atoms with Crippen molar-refractivity contribution in [2.24, 2.45) is 0 Å². The van der Waals surface area contributed by atoms with Gasteiger partial charge in [-0.05, 0) is 24.3 Å². The molecule has 128 valence electrons. The van der Waals surface area contributed by atoms with Gasteiger partial charge in [-0.3, -0.25) is 24.3 Å². The molecule has 7 nitrogen and oxygen atoms in total. The zero-order chi connectivity index (χ0) is 17.8. The van der Waals surface area contributed by atoms with E-state index in [2.05, 4.69) is 10.3 Å². The van der Waals surface area contributed by atoms with E-state index in [4.69, 9.17) is 4.74 Å². The van der Waals surface area contributed by atoms with Crippen LogP contribution in [0.3, 0.4) is 0 Å². The van der Waals surface area contributed by atoms with Crippen LogP contribution in [0.1, 0.15) is 20.8 Å². The van der Waals surface area contributed by atoms with Gasteiger partial charge in [-0.2, -0.15) is 0 Å². The summed E-state index contributed by atoms with van der Waals surface area (Å²) in [6.45, 7) is -0.297. The Hall–Kier alpha value is -3.29. The number of aromatic nitrogens is 1. The Morgan fingerprint density at radius 2 is 1.96 bits per heavy atom. The number of nitrogens with zero attached hydrogens (tertiary/aromatic N) is 2. The number of nitrogens with one attached hydrogen (secondary N) is 1. The largest absolute Gasteiger partial charge is 0.481 e. The van der Waals surface area contributed by atoms with E-state index in [0.29, 0.717) is 0 Å². The first-order valence-corrected chi connectivity index (χ1v) is 7.53. The molecule has 0 radical (unpaired) electrons. The molecule has 1 aromatic carbocycles. The van der Waals surface area contributed by atoms with Gasteiger partial charge in [0, 0.05) is 19.3 Å². The molecule has 1 aliphatic rings. The van der Waals surface area contributed by atoms with Crippen LogP contribution in [0.5, 0.6) is 5.75 Å². The zero-order valence-electron chi connectivity index (χ0n) is 13.1. The summed E-state index contributed by atoms with van der Waals surface area (Å²) in [4.78, 5) is 40.9. The molecular formula is C17H14FN3O4. The van der Waals surface area contributed by atoms with Crippen LogP contribution in [-0.2, 0) is 4.79 Å². The first-order chi connectivity index (χ1) is 12.1. The fourth-order valence-electron chi connectivity index (χ4n) is 2.38. The lowest BCUT2D eigenvalue weighted by atomic mass is 10.2. The normalized spacial score (nSPS) is 12.9. The molecule has 2 aromatic rings. The number of imide groups is 1. The molecule has 3 rings (SSSR count). The lowest BCUT2D eigenvalue weighted by molar-refractivity contribution is -0.123. The van der Waals surface area contributed by atoms with Crippen molar-refractivity contribution in [2.75, 3.05) is 19.7 Å². The van der Waals surface area contributed by atoms with Crippen LogP contribution < -0.4 is 10.1 Å². The number of amides is 3. The maximum atomic E-state index is 13.4. The third kappa shape index (κ3) is 3.47.